The fourth-order valence-corrected chi connectivity index (χ4v) is 2.16. The van der Waals surface area contributed by atoms with Crippen molar-refractivity contribution in [3.8, 4) is 0 Å². The second-order valence-electron chi connectivity index (χ2n) is 3.93. The van der Waals surface area contributed by atoms with Crippen molar-refractivity contribution < 1.29 is 0 Å². The zero-order chi connectivity index (χ0) is 6.97. The molecule has 1 atom stereocenters. The largest absolute Gasteiger partial charge is 0.330 e. The number of hydrogen-bond donors (Lipinski definition) is 1. The van der Waals surface area contributed by atoms with Crippen molar-refractivity contribution in [2.24, 2.45) is 23.5 Å². The van der Waals surface area contributed by atoms with Gasteiger partial charge in [0, 0.05) is 0 Å². The lowest BCUT2D eigenvalue weighted by Crippen LogP contribution is -2.29. The molecule has 2 fully saturated rings. The Bertz CT molecular complexity index is 114. The Balaban J connectivity index is 1.84. The Labute approximate surface area is 63.0 Å². The summed E-state index contributed by atoms with van der Waals surface area (Å²) in [6, 6.07) is 0. The molecule has 2 aliphatic rings. The minimum absolute atomic E-state index is 0.911. The maximum atomic E-state index is 5.72. The van der Waals surface area contributed by atoms with Crippen LogP contribution in [-0.4, -0.2) is 6.54 Å². The van der Waals surface area contributed by atoms with Gasteiger partial charge in [-0.1, -0.05) is 19.3 Å². The van der Waals surface area contributed by atoms with Crippen LogP contribution in [0.3, 0.4) is 0 Å². The van der Waals surface area contributed by atoms with Crippen LogP contribution in [0.2, 0.25) is 0 Å². The van der Waals surface area contributed by atoms with Crippen LogP contribution in [0.4, 0.5) is 0 Å². The molecule has 0 heterocycles. The molecule has 1 unspecified atom stereocenters. The molecule has 58 valence electrons. The highest BCUT2D eigenvalue weighted by Gasteiger charge is 2.37. The first kappa shape index (κ1) is 6.66. The lowest BCUT2D eigenvalue weighted by Gasteiger charge is -2.33. The van der Waals surface area contributed by atoms with Crippen molar-refractivity contribution >= 4 is 0 Å². The van der Waals surface area contributed by atoms with E-state index < -0.39 is 0 Å². The predicted molar refractivity (Wildman–Crippen MR) is 42.6 cm³/mol. The molecule has 10 heavy (non-hydrogen) atoms. The SMILES string of the molecule is NCC(C1CCC1)C1CC1. The van der Waals surface area contributed by atoms with Crippen molar-refractivity contribution in [2.45, 2.75) is 32.1 Å². The van der Waals surface area contributed by atoms with Crippen molar-refractivity contribution in [2.75, 3.05) is 6.54 Å². The van der Waals surface area contributed by atoms with E-state index in [1.165, 1.54) is 32.1 Å². The van der Waals surface area contributed by atoms with Crippen LogP contribution in [0.1, 0.15) is 32.1 Å². The van der Waals surface area contributed by atoms with E-state index in [1.54, 1.807) is 0 Å². The van der Waals surface area contributed by atoms with Crippen LogP contribution in [0.15, 0.2) is 0 Å². The van der Waals surface area contributed by atoms with Crippen LogP contribution in [0, 0.1) is 17.8 Å². The van der Waals surface area contributed by atoms with Gasteiger partial charge in [0.1, 0.15) is 0 Å². The number of rotatable bonds is 3. The maximum Gasteiger partial charge on any atom is -0.00436 e. The molecule has 2 rings (SSSR count). The normalized spacial score (nSPS) is 29.7. The molecule has 0 aromatic heterocycles. The van der Waals surface area contributed by atoms with Gasteiger partial charge in [-0.2, -0.15) is 0 Å². The predicted octanol–water partition coefficient (Wildman–Crippen LogP) is 1.77. The van der Waals surface area contributed by atoms with Crippen LogP contribution in [0.5, 0.6) is 0 Å². The molecule has 0 amide bonds. The zero-order valence-electron chi connectivity index (χ0n) is 6.55. The molecule has 1 heteroatoms. The Morgan fingerprint density at radius 2 is 1.70 bits per heavy atom. The van der Waals surface area contributed by atoms with E-state index >= 15 is 0 Å². The minimum atomic E-state index is 0.911. The van der Waals surface area contributed by atoms with E-state index in [4.69, 9.17) is 5.73 Å². The summed E-state index contributed by atoms with van der Waals surface area (Å²) in [6.07, 6.45) is 7.35. The van der Waals surface area contributed by atoms with Crippen LogP contribution in [-0.2, 0) is 0 Å². The Kier molecular flexibility index (Phi) is 1.69. The monoisotopic (exact) mass is 139 g/mol. The molecule has 1 nitrogen and oxygen atoms in total. The quantitative estimate of drug-likeness (QED) is 0.633. The first-order chi connectivity index (χ1) is 4.92. The highest BCUT2D eigenvalue weighted by atomic mass is 14.6. The molecular weight excluding hydrogens is 122 g/mol. The first-order valence-electron chi connectivity index (χ1n) is 4.62. The fourth-order valence-electron chi connectivity index (χ4n) is 2.16. The van der Waals surface area contributed by atoms with Crippen molar-refractivity contribution in [3.05, 3.63) is 0 Å². The summed E-state index contributed by atoms with van der Waals surface area (Å²) in [5.41, 5.74) is 5.72. The standard InChI is InChI=1S/C9H17N/c10-6-9(8-4-5-8)7-2-1-3-7/h7-9H,1-6,10H2. The molecule has 2 N–H and O–H groups in total. The van der Waals surface area contributed by atoms with E-state index in [-0.39, 0.29) is 0 Å². The van der Waals surface area contributed by atoms with Gasteiger partial charge in [0.2, 0.25) is 0 Å². The molecule has 0 aliphatic heterocycles. The van der Waals surface area contributed by atoms with Gasteiger partial charge in [-0.15, -0.1) is 0 Å². The molecule has 0 bridgehead atoms. The van der Waals surface area contributed by atoms with Gasteiger partial charge in [0.25, 0.3) is 0 Å². The average molecular weight is 139 g/mol. The van der Waals surface area contributed by atoms with E-state index in [9.17, 15) is 0 Å². The highest BCUT2D eigenvalue weighted by molar-refractivity contribution is 4.89. The Morgan fingerprint density at radius 1 is 1.10 bits per heavy atom. The molecule has 0 radical (unpaired) electrons. The Hall–Kier alpha value is -0.0400. The second-order valence-corrected chi connectivity index (χ2v) is 3.93. The summed E-state index contributed by atoms with van der Waals surface area (Å²) in [6.45, 7) is 0.954. The summed E-state index contributed by atoms with van der Waals surface area (Å²) < 4.78 is 0. The van der Waals surface area contributed by atoms with Gasteiger partial charge < -0.3 is 5.73 Å². The summed E-state index contributed by atoms with van der Waals surface area (Å²) in [7, 11) is 0. The molecule has 0 saturated heterocycles. The summed E-state index contributed by atoms with van der Waals surface area (Å²) in [5, 5.41) is 0. The smallest absolute Gasteiger partial charge is 0.00436 e. The first-order valence-corrected chi connectivity index (χ1v) is 4.62. The lowest BCUT2D eigenvalue weighted by molar-refractivity contribution is 0.190. The second kappa shape index (κ2) is 2.54. The molecule has 0 aromatic rings. The summed E-state index contributed by atoms with van der Waals surface area (Å²) in [4.78, 5) is 0. The lowest BCUT2D eigenvalue weighted by atomic mass is 9.74. The van der Waals surface area contributed by atoms with Gasteiger partial charge in [-0.25, -0.2) is 0 Å². The van der Waals surface area contributed by atoms with Gasteiger partial charge in [0.05, 0.1) is 0 Å². The third kappa shape index (κ3) is 1.07. The molecule has 2 aliphatic carbocycles. The molecule has 0 spiro atoms. The molecular formula is C9H17N. The molecule has 2 saturated carbocycles. The summed E-state index contributed by atoms with van der Waals surface area (Å²) >= 11 is 0. The Morgan fingerprint density at radius 3 is 2.00 bits per heavy atom. The van der Waals surface area contributed by atoms with Gasteiger partial charge in [-0.05, 0) is 37.1 Å². The average Bonchev–Trinajstić information content (AvgIpc) is 2.58. The van der Waals surface area contributed by atoms with Gasteiger partial charge >= 0.3 is 0 Å². The van der Waals surface area contributed by atoms with Crippen LogP contribution in [0.25, 0.3) is 0 Å². The highest BCUT2D eigenvalue weighted by Crippen LogP contribution is 2.46. The topological polar surface area (TPSA) is 26.0 Å². The van der Waals surface area contributed by atoms with E-state index in [2.05, 4.69) is 0 Å². The van der Waals surface area contributed by atoms with Gasteiger partial charge in [0.15, 0.2) is 0 Å². The van der Waals surface area contributed by atoms with Crippen LogP contribution >= 0.6 is 0 Å². The third-order valence-electron chi connectivity index (χ3n) is 3.26. The van der Waals surface area contributed by atoms with E-state index in [0.717, 1.165) is 24.3 Å². The maximum absolute atomic E-state index is 5.72. The summed E-state index contributed by atoms with van der Waals surface area (Å²) in [5.74, 6) is 2.97. The van der Waals surface area contributed by atoms with Crippen molar-refractivity contribution in [1.82, 2.24) is 0 Å². The van der Waals surface area contributed by atoms with Crippen molar-refractivity contribution in [1.29, 1.82) is 0 Å². The minimum Gasteiger partial charge on any atom is -0.330 e. The van der Waals surface area contributed by atoms with E-state index in [1.807, 2.05) is 0 Å². The van der Waals surface area contributed by atoms with Crippen LogP contribution < -0.4 is 5.73 Å². The fraction of sp³-hybridized carbons (Fsp3) is 1.00. The number of hydrogen-bond acceptors (Lipinski definition) is 1. The van der Waals surface area contributed by atoms with E-state index in [0.29, 0.717) is 0 Å². The van der Waals surface area contributed by atoms with Gasteiger partial charge in [-0.3, -0.25) is 0 Å². The zero-order valence-corrected chi connectivity index (χ0v) is 6.55. The van der Waals surface area contributed by atoms with Crippen molar-refractivity contribution in [3.63, 3.8) is 0 Å². The molecule has 0 aromatic carbocycles. The third-order valence-corrected chi connectivity index (χ3v) is 3.26. The number of nitrogens with two attached hydrogens (primary N) is 1.